The molecule has 90 valence electrons. The number of nitrogens with zero attached hydrogens (tertiary/aromatic N) is 2. The molecule has 6 heteroatoms. The molecule has 0 bridgehead atoms. The van der Waals surface area contributed by atoms with E-state index in [1.165, 1.54) is 12.3 Å². The van der Waals surface area contributed by atoms with Crippen molar-refractivity contribution in [3.05, 3.63) is 22.8 Å². The standard InChI is InChI=1S/C11H12ClN3O2/c1-11(2,3)17-10(16)15-9-4-7(5-13)8(12)6-14-9/h4,6H,1-3H3,(H,14,15,16). The highest BCUT2D eigenvalue weighted by Crippen LogP contribution is 2.17. The van der Waals surface area contributed by atoms with E-state index in [0.29, 0.717) is 0 Å². The van der Waals surface area contributed by atoms with Crippen LogP contribution >= 0.6 is 11.6 Å². The number of aromatic nitrogens is 1. The van der Waals surface area contributed by atoms with Crippen LogP contribution in [0.15, 0.2) is 12.3 Å². The lowest BCUT2D eigenvalue weighted by Gasteiger charge is -2.19. The van der Waals surface area contributed by atoms with Crippen LogP contribution in [0.5, 0.6) is 0 Å². The number of nitriles is 1. The zero-order valence-electron chi connectivity index (χ0n) is 9.74. The highest BCUT2D eigenvalue weighted by Gasteiger charge is 2.16. The Morgan fingerprint density at radius 3 is 2.76 bits per heavy atom. The fourth-order valence-corrected chi connectivity index (χ4v) is 1.15. The number of nitrogens with one attached hydrogen (secondary N) is 1. The summed E-state index contributed by atoms with van der Waals surface area (Å²) < 4.78 is 5.04. The molecule has 5 nitrogen and oxygen atoms in total. The van der Waals surface area contributed by atoms with E-state index in [9.17, 15) is 4.79 Å². The molecule has 0 spiro atoms. The van der Waals surface area contributed by atoms with Gasteiger partial charge in [-0.25, -0.2) is 9.78 Å². The summed E-state index contributed by atoms with van der Waals surface area (Å²) in [5, 5.41) is 11.4. The first-order valence-electron chi connectivity index (χ1n) is 4.87. The van der Waals surface area contributed by atoms with Gasteiger partial charge in [0.05, 0.1) is 10.6 Å². The molecule has 1 aromatic rings. The van der Waals surface area contributed by atoms with Crippen molar-refractivity contribution >= 4 is 23.5 Å². The lowest BCUT2D eigenvalue weighted by Crippen LogP contribution is -2.27. The van der Waals surface area contributed by atoms with Gasteiger partial charge in [0.1, 0.15) is 17.5 Å². The lowest BCUT2D eigenvalue weighted by atomic mass is 10.2. The normalized spacial score (nSPS) is 10.5. The van der Waals surface area contributed by atoms with E-state index in [0.717, 1.165) is 0 Å². The highest BCUT2D eigenvalue weighted by molar-refractivity contribution is 6.31. The van der Waals surface area contributed by atoms with Gasteiger partial charge in [0.25, 0.3) is 0 Å². The Bertz CT molecular complexity index is 475. The predicted molar refractivity (Wildman–Crippen MR) is 63.8 cm³/mol. The van der Waals surface area contributed by atoms with Crippen molar-refractivity contribution in [1.29, 1.82) is 5.26 Å². The van der Waals surface area contributed by atoms with E-state index >= 15 is 0 Å². The molecule has 0 radical (unpaired) electrons. The van der Waals surface area contributed by atoms with Crippen molar-refractivity contribution in [2.75, 3.05) is 5.32 Å². The number of rotatable bonds is 1. The largest absolute Gasteiger partial charge is 0.444 e. The molecule has 1 amide bonds. The maximum Gasteiger partial charge on any atom is 0.413 e. The van der Waals surface area contributed by atoms with E-state index in [1.807, 2.05) is 6.07 Å². The average molecular weight is 254 g/mol. The fourth-order valence-electron chi connectivity index (χ4n) is 1.00. The molecule has 0 saturated heterocycles. The SMILES string of the molecule is CC(C)(C)OC(=O)Nc1cc(C#N)c(Cl)cn1. The number of hydrogen-bond acceptors (Lipinski definition) is 4. The first kappa shape index (κ1) is 13.3. The zero-order valence-corrected chi connectivity index (χ0v) is 10.5. The fraction of sp³-hybridized carbons (Fsp3) is 0.364. The van der Waals surface area contributed by atoms with Crippen LogP contribution in [0, 0.1) is 11.3 Å². The van der Waals surface area contributed by atoms with E-state index in [-0.39, 0.29) is 16.4 Å². The van der Waals surface area contributed by atoms with E-state index < -0.39 is 11.7 Å². The second kappa shape index (κ2) is 5.02. The van der Waals surface area contributed by atoms with Gasteiger partial charge >= 0.3 is 6.09 Å². The van der Waals surface area contributed by atoms with Gasteiger partial charge < -0.3 is 4.74 Å². The molecular weight excluding hydrogens is 242 g/mol. The molecule has 0 aliphatic carbocycles. The third-order valence-electron chi connectivity index (χ3n) is 1.60. The summed E-state index contributed by atoms with van der Waals surface area (Å²) >= 11 is 5.71. The Morgan fingerprint density at radius 1 is 1.59 bits per heavy atom. The average Bonchev–Trinajstić information content (AvgIpc) is 2.18. The summed E-state index contributed by atoms with van der Waals surface area (Å²) in [5.74, 6) is 0.222. The molecule has 0 aliphatic rings. The van der Waals surface area contributed by atoms with Crippen LogP contribution in [0.1, 0.15) is 26.3 Å². The Morgan fingerprint density at radius 2 is 2.24 bits per heavy atom. The summed E-state index contributed by atoms with van der Waals surface area (Å²) in [7, 11) is 0. The molecule has 0 saturated carbocycles. The number of pyridine rings is 1. The smallest absolute Gasteiger partial charge is 0.413 e. The number of hydrogen-bond donors (Lipinski definition) is 1. The van der Waals surface area contributed by atoms with Crippen LogP contribution in [-0.2, 0) is 4.74 Å². The molecule has 0 unspecified atom stereocenters. The highest BCUT2D eigenvalue weighted by atomic mass is 35.5. The third kappa shape index (κ3) is 4.29. The molecule has 0 fully saturated rings. The van der Waals surface area contributed by atoms with E-state index in [2.05, 4.69) is 10.3 Å². The van der Waals surface area contributed by atoms with Crippen LogP contribution in [0.3, 0.4) is 0 Å². The van der Waals surface area contributed by atoms with Crippen molar-refractivity contribution in [3.63, 3.8) is 0 Å². The van der Waals surface area contributed by atoms with Crippen LogP contribution in [0.25, 0.3) is 0 Å². The summed E-state index contributed by atoms with van der Waals surface area (Å²) in [5.41, 5.74) is -0.345. The Hall–Kier alpha value is -1.80. The van der Waals surface area contributed by atoms with Gasteiger partial charge in [-0.05, 0) is 20.8 Å². The van der Waals surface area contributed by atoms with Gasteiger partial charge in [-0.3, -0.25) is 5.32 Å². The second-order valence-corrected chi connectivity index (χ2v) is 4.70. The van der Waals surface area contributed by atoms with Gasteiger partial charge in [0, 0.05) is 12.3 Å². The van der Waals surface area contributed by atoms with Gasteiger partial charge in [-0.2, -0.15) is 5.26 Å². The first-order valence-corrected chi connectivity index (χ1v) is 5.25. The molecule has 1 aromatic heterocycles. The van der Waals surface area contributed by atoms with E-state index in [4.69, 9.17) is 21.6 Å². The Labute approximate surface area is 104 Å². The molecule has 0 atom stereocenters. The zero-order chi connectivity index (χ0) is 13.1. The first-order chi connectivity index (χ1) is 7.81. The number of halogens is 1. The van der Waals surface area contributed by atoms with Crippen molar-refractivity contribution in [2.45, 2.75) is 26.4 Å². The third-order valence-corrected chi connectivity index (χ3v) is 1.91. The topological polar surface area (TPSA) is 75.0 Å². The van der Waals surface area contributed by atoms with Crippen molar-refractivity contribution in [3.8, 4) is 6.07 Å². The predicted octanol–water partition coefficient (Wildman–Crippen LogP) is 2.95. The number of anilines is 1. The summed E-state index contributed by atoms with van der Waals surface area (Å²) in [6.45, 7) is 5.26. The van der Waals surface area contributed by atoms with Gasteiger partial charge in [0.15, 0.2) is 0 Å². The quantitative estimate of drug-likeness (QED) is 0.835. The Balaban J connectivity index is 2.77. The summed E-state index contributed by atoms with van der Waals surface area (Å²) in [4.78, 5) is 15.3. The minimum absolute atomic E-state index is 0.222. The number of carbonyl (C=O) groups excluding carboxylic acids is 1. The second-order valence-electron chi connectivity index (χ2n) is 4.29. The molecule has 1 heterocycles. The minimum atomic E-state index is -0.629. The molecule has 17 heavy (non-hydrogen) atoms. The molecular formula is C11H12ClN3O2. The minimum Gasteiger partial charge on any atom is -0.444 e. The molecule has 1 rings (SSSR count). The van der Waals surface area contributed by atoms with Crippen molar-refractivity contribution in [1.82, 2.24) is 4.98 Å². The maximum atomic E-state index is 11.4. The molecule has 1 N–H and O–H groups in total. The van der Waals surface area contributed by atoms with Crippen LogP contribution in [0.2, 0.25) is 5.02 Å². The van der Waals surface area contributed by atoms with Crippen LogP contribution in [-0.4, -0.2) is 16.7 Å². The van der Waals surface area contributed by atoms with Crippen molar-refractivity contribution in [2.24, 2.45) is 0 Å². The number of amides is 1. The summed E-state index contributed by atoms with van der Waals surface area (Å²) in [6, 6.07) is 3.27. The summed E-state index contributed by atoms with van der Waals surface area (Å²) in [6.07, 6.45) is 0.670. The van der Waals surface area contributed by atoms with E-state index in [1.54, 1.807) is 20.8 Å². The number of carbonyl (C=O) groups is 1. The van der Waals surface area contributed by atoms with Crippen LogP contribution in [0.4, 0.5) is 10.6 Å². The molecule has 0 aromatic carbocycles. The van der Waals surface area contributed by atoms with Gasteiger partial charge in [-0.15, -0.1) is 0 Å². The maximum absolute atomic E-state index is 11.4. The Kier molecular flexibility index (Phi) is 3.92. The lowest BCUT2D eigenvalue weighted by molar-refractivity contribution is 0.0635. The van der Waals surface area contributed by atoms with Gasteiger partial charge in [0.2, 0.25) is 0 Å². The monoisotopic (exact) mass is 253 g/mol. The van der Waals surface area contributed by atoms with Crippen LogP contribution < -0.4 is 5.32 Å². The van der Waals surface area contributed by atoms with Gasteiger partial charge in [-0.1, -0.05) is 11.6 Å². The number of ether oxygens (including phenoxy) is 1. The molecule has 0 aliphatic heterocycles. The van der Waals surface area contributed by atoms with Crippen molar-refractivity contribution < 1.29 is 9.53 Å².